The average Bonchev–Trinajstić information content (AvgIpc) is 3.29. The monoisotopic (exact) mass is 439 g/mol. The Balaban J connectivity index is 1.87. The second-order valence-corrected chi connectivity index (χ2v) is 8.21. The van der Waals surface area contributed by atoms with Crippen LogP contribution in [0.1, 0.15) is 59.9 Å². The van der Waals surface area contributed by atoms with Crippen LogP contribution >= 0.6 is 11.6 Å². The van der Waals surface area contributed by atoms with Gasteiger partial charge in [-0.1, -0.05) is 37.6 Å². The number of benzene rings is 2. The van der Waals surface area contributed by atoms with E-state index in [9.17, 15) is 9.90 Å². The lowest BCUT2D eigenvalue weighted by Gasteiger charge is -2.26. The van der Waals surface area contributed by atoms with E-state index in [2.05, 4.69) is 17.1 Å². The van der Waals surface area contributed by atoms with Crippen molar-refractivity contribution in [2.24, 2.45) is 0 Å². The van der Waals surface area contributed by atoms with E-state index in [4.69, 9.17) is 16.3 Å². The van der Waals surface area contributed by atoms with Gasteiger partial charge in [0.2, 0.25) is 0 Å². The summed E-state index contributed by atoms with van der Waals surface area (Å²) in [6.07, 6.45) is 1.74. The molecule has 1 aliphatic heterocycles. The van der Waals surface area contributed by atoms with Crippen molar-refractivity contribution in [2.45, 2.75) is 39.7 Å². The first kappa shape index (κ1) is 21.2. The molecule has 1 aromatic heterocycles. The number of aromatic amines is 1. The standard InChI is InChI=1S/C24H26ClN3O3/c1-4-9-28-23(15-7-6-8-16(12-15)31-10-5-2)20-21(26-27-22(20)24(28)30)17-13-18(25)14(3)11-19(17)29/h6-8,11-13,23,29H,4-5,9-10H2,1-3H3,(H,26,27). The van der Waals surface area contributed by atoms with E-state index in [1.54, 1.807) is 12.1 Å². The minimum atomic E-state index is -0.333. The summed E-state index contributed by atoms with van der Waals surface area (Å²) in [7, 11) is 0. The van der Waals surface area contributed by atoms with Crippen LogP contribution in [0, 0.1) is 6.92 Å². The van der Waals surface area contributed by atoms with Gasteiger partial charge in [-0.05, 0) is 55.2 Å². The van der Waals surface area contributed by atoms with Gasteiger partial charge in [-0.15, -0.1) is 0 Å². The largest absolute Gasteiger partial charge is 0.507 e. The smallest absolute Gasteiger partial charge is 0.273 e. The minimum absolute atomic E-state index is 0.0800. The van der Waals surface area contributed by atoms with Gasteiger partial charge >= 0.3 is 0 Å². The second-order valence-electron chi connectivity index (χ2n) is 7.80. The van der Waals surface area contributed by atoms with Crippen molar-refractivity contribution < 1.29 is 14.6 Å². The number of carbonyl (C=O) groups excluding carboxylic acids is 1. The van der Waals surface area contributed by atoms with Crippen LogP contribution in [0.15, 0.2) is 36.4 Å². The third-order valence-electron chi connectivity index (χ3n) is 5.51. The lowest BCUT2D eigenvalue weighted by molar-refractivity contribution is 0.0743. The van der Waals surface area contributed by atoms with Gasteiger partial charge in [-0.25, -0.2) is 0 Å². The average molecular weight is 440 g/mol. The van der Waals surface area contributed by atoms with E-state index >= 15 is 0 Å². The van der Waals surface area contributed by atoms with Crippen molar-refractivity contribution in [2.75, 3.05) is 13.2 Å². The lowest BCUT2D eigenvalue weighted by Crippen LogP contribution is -2.30. The van der Waals surface area contributed by atoms with Crippen molar-refractivity contribution >= 4 is 17.5 Å². The molecule has 7 heteroatoms. The highest BCUT2D eigenvalue weighted by Crippen LogP contribution is 2.45. The van der Waals surface area contributed by atoms with E-state index in [-0.39, 0.29) is 17.7 Å². The highest BCUT2D eigenvalue weighted by molar-refractivity contribution is 6.31. The van der Waals surface area contributed by atoms with Gasteiger partial charge in [-0.3, -0.25) is 9.89 Å². The van der Waals surface area contributed by atoms with Gasteiger partial charge in [0.1, 0.15) is 22.9 Å². The number of H-pyrrole nitrogens is 1. The van der Waals surface area contributed by atoms with Crippen molar-refractivity contribution in [3.8, 4) is 22.8 Å². The zero-order valence-electron chi connectivity index (χ0n) is 17.9. The molecule has 1 unspecified atom stereocenters. The molecule has 0 saturated heterocycles. The first-order chi connectivity index (χ1) is 15.0. The van der Waals surface area contributed by atoms with Crippen molar-refractivity contribution in [3.63, 3.8) is 0 Å². The molecule has 0 radical (unpaired) electrons. The summed E-state index contributed by atoms with van der Waals surface area (Å²) in [6.45, 7) is 7.17. The van der Waals surface area contributed by atoms with Crippen LogP contribution in [0.5, 0.6) is 11.5 Å². The van der Waals surface area contributed by atoms with Gasteiger partial charge < -0.3 is 14.7 Å². The van der Waals surface area contributed by atoms with Gasteiger partial charge in [-0.2, -0.15) is 5.10 Å². The number of nitrogens with zero attached hydrogens (tertiary/aromatic N) is 2. The number of halogens is 1. The maximum atomic E-state index is 13.2. The molecule has 2 N–H and O–H groups in total. The summed E-state index contributed by atoms with van der Waals surface area (Å²) < 4.78 is 5.83. The van der Waals surface area contributed by atoms with Crippen molar-refractivity contribution in [1.82, 2.24) is 15.1 Å². The minimum Gasteiger partial charge on any atom is -0.507 e. The van der Waals surface area contributed by atoms with Gasteiger partial charge in [0, 0.05) is 22.7 Å². The number of aromatic hydroxyl groups is 1. The number of aromatic nitrogens is 2. The fraction of sp³-hybridized carbons (Fsp3) is 0.333. The Bertz CT molecular complexity index is 1130. The third kappa shape index (κ3) is 3.76. The SMILES string of the molecule is CCCOc1cccc(C2c3c(-c4cc(Cl)c(C)cc4O)n[nH]c3C(=O)N2CCC)c1. The Labute approximate surface area is 186 Å². The number of nitrogens with one attached hydrogen (secondary N) is 1. The van der Waals surface area contributed by atoms with Crippen molar-refractivity contribution in [1.29, 1.82) is 0 Å². The summed E-state index contributed by atoms with van der Waals surface area (Å²) in [4.78, 5) is 15.1. The van der Waals surface area contributed by atoms with E-state index in [0.29, 0.717) is 35.1 Å². The number of carbonyl (C=O) groups is 1. The molecule has 1 aliphatic rings. The Morgan fingerprint density at radius 3 is 2.77 bits per heavy atom. The maximum Gasteiger partial charge on any atom is 0.273 e. The number of fused-ring (bicyclic) bond motifs is 1. The zero-order valence-corrected chi connectivity index (χ0v) is 18.7. The number of aryl methyl sites for hydroxylation is 1. The molecule has 2 heterocycles. The molecule has 1 atom stereocenters. The molecule has 162 valence electrons. The van der Waals surface area contributed by atoms with E-state index < -0.39 is 0 Å². The molecule has 0 saturated carbocycles. The number of rotatable bonds is 7. The summed E-state index contributed by atoms with van der Waals surface area (Å²) in [6, 6.07) is 10.8. The molecule has 0 bridgehead atoms. The summed E-state index contributed by atoms with van der Waals surface area (Å²) in [5.74, 6) is 0.748. The van der Waals surface area contributed by atoms with Crippen LogP contribution in [0.25, 0.3) is 11.3 Å². The maximum absolute atomic E-state index is 13.2. The predicted molar refractivity (Wildman–Crippen MR) is 121 cm³/mol. The Morgan fingerprint density at radius 1 is 1.23 bits per heavy atom. The van der Waals surface area contributed by atoms with Crippen LogP contribution in [-0.4, -0.2) is 39.3 Å². The lowest BCUT2D eigenvalue weighted by atomic mass is 9.95. The first-order valence-electron chi connectivity index (χ1n) is 10.6. The summed E-state index contributed by atoms with van der Waals surface area (Å²) >= 11 is 6.34. The van der Waals surface area contributed by atoms with Crippen LogP contribution in [-0.2, 0) is 0 Å². The molecule has 6 nitrogen and oxygen atoms in total. The van der Waals surface area contributed by atoms with E-state index in [0.717, 1.165) is 35.3 Å². The highest BCUT2D eigenvalue weighted by atomic mass is 35.5. The van der Waals surface area contributed by atoms with Gasteiger partial charge in [0.25, 0.3) is 5.91 Å². The molecule has 4 rings (SSSR count). The van der Waals surface area contributed by atoms with Gasteiger partial charge in [0.05, 0.1) is 12.6 Å². The number of phenols is 1. The molecule has 3 aromatic rings. The second kappa shape index (κ2) is 8.63. The fourth-order valence-electron chi connectivity index (χ4n) is 4.07. The summed E-state index contributed by atoms with van der Waals surface area (Å²) in [5.41, 5.74) is 3.95. The normalized spacial score (nSPS) is 15.4. The number of hydrogen-bond donors (Lipinski definition) is 2. The van der Waals surface area contributed by atoms with Crippen LogP contribution in [0.2, 0.25) is 5.02 Å². The van der Waals surface area contributed by atoms with Crippen LogP contribution < -0.4 is 4.74 Å². The quantitative estimate of drug-likeness (QED) is 0.510. The molecule has 2 aromatic carbocycles. The fourth-order valence-corrected chi connectivity index (χ4v) is 4.23. The number of ether oxygens (including phenoxy) is 1. The highest BCUT2D eigenvalue weighted by Gasteiger charge is 2.42. The van der Waals surface area contributed by atoms with Crippen LogP contribution in [0.4, 0.5) is 0 Å². The number of phenolic OH excluding ortho intramolecular Hbond substituents is 1. The first-order valence-corrected chi connectivity index (χ1v) is 11.0. The Morgan fingerprint density at radius 2 is 2.03 bits per heavy atom. The van der Waals surface area contributed by atoms with Crippen LogP contribution in [0.3, 0.4) is 0 Å². The van der Waals surface area contributed by atoms with Crippen molar-refractivity contribution in [3.05, 3.63) is 63.8 Å². The predicted octanol–water partition coefficient (Wildman–Crippen LogP) is 5.49. The molecule has 31 heavy (non-hydrogen) atoms. The molecule has 1 amide bonds. The summed E-state index contributed by atoms with van der Waals surface area (Å²) in [5, 5.41) is 18.5. The third-order valence-corrected chi connectivity index (χ3v) is 5.91. The molecule has 0 aliphatic carbocycles. The molecule has 0 spiro atoms. The van der Waals surface area contributed by atoms with Gasteiger partial charge in [0.15, 0.2) is 0 Å². The number of amides is 1. The Hall–Kier alpha value is -2.99. The molecular weight excluding hydrogens is 414 g/mol. The Kier molecular flexibility index (Phi) is 5.92. The zero-order chi connectivity index (χ0) is 22.1. The van der Waals surface area contributed by atoms with E-state index in [1.807, 2.05) is 43.0 Å². The number of hydrogen-bond acceptors (Lipinski definition) is 4. The molecular formula is C24H26ClN3O3. The van der Waals surface area contributed by atoms with E-state index in [1.165, 1.54) is 0 Å². The topological polar surface area (TPSA) is 78.5 Å². The molecule has 0 fully saturated rings.